The second-order valence-electron chi connectivity index (χ2n) is 5.25. The van der Waals surface area contributed by atoms with Crippen LogP contribution in [0.3, 0.4) is 0 Å². The van der Waals surface area contributed by atoms with Gasteiger partial charge < -0.3 is 14.8 Å². The Hall–Kier alpha value is -2.04. The van der Waals surface area contributed by atoms with E-state index in [1.165, 1.54) is 7.11 Å². The van der Waals surface area contributed by atoms with Crippen LogP contribution in [0.2, 0.25) is 0 Å². The fourth-order valence-corrected chi connectivity index (χ4v) is 2.28. The number of benzene rings is 1. The highest BCUT2D eigenvalue weighted by Gasteiger charge is 2.19. The number of hydrogen-bond acceptors (Lipinski definition) is 4. The van der Waals surface area contributed by atoms with Crippen molar-refractivity contribution < 1.29 is 14.3 Å². The molecule has 1 N–H and O–H groups in total. The second kappa shape index (κ2) is 7.99. The van der Waals surface area contributed by atoms with Gasteiger partial charge in [-0.05, 0) is 30.7 Å². The van der Waals surface area contributed by atoms with Crippen LogP contribution < -0.4 is 10.1 Å². The number of nitrogens with one attached hydrogen (secondary N) is 1. The molecular formula is C18H20ClNO3. The Balaban J connectivity index is 2.08. The third-order valence-electron chi connectivity index (χ3n) is 3.52. The molecule has 1 atom stereocenters. The average molecular weight is 334 g/mol. The molecule has 0 unspecified atom stereocenters. The molecule has 0 aromatic heterocycles. The number of carbonyl (C=O) groups excluding carboxylic acids is 1. The fraction of sp³-hybridized carbons (Fsp3) is 0.278. The van der Waals surface area contributed by atoms with E-state index in [2.05, 4.69) is 11.9 Å². The predicted octanol–water partition coefficient (Wildman–Crippen LogP) is 3.58. The van der Waals surface area contributed by atoms with Gasteiger partial charge in [0.25, 0.3) is 0 Å². The SMILES string of the molecule is C=C(/C=C\C=C(/C)Cl)[C@H]1COc2cc(C(=O)OC)ccc2CN1. The van der Waals surface area contributed by atoms with Gasteiger partial charge in [-0.1, -0.05) is 36.4 Å². The minimum absolute atomic E-state index is 0.00995. The lowest BCUT2D eigenvalue weighted by atomic mass is 10.1. The molecule has 1 aromatic rings. The number of rotatable bonds is 4. The number of esters is 1. The molecular weight excluding hydrogens is 314 g/mol. The first kappa shape index (κ1) is 17.3. The first-order valence-corrected chi connectivity index (χ1v) is 7.65. The van der Waals surface area contributed by atoms with Crippen LogP contribution >= 0.6 is 11.6 Å². The van der Waals surface area contributed by atoms with E-state index in [4.69, 9.17) is 21.1 Å². The molecule has 0 bridgehead atoms. The highest BCUT2D eigenvalue weighted by molar-refractivity contribution is 6.29. The fourth-order valence-electron chi connectivity index (χ4n) is 2.20. The van der Waals surface area contributed by atoms with Gasteiger partial charge in [-0.3, -0.25) is 0 Å². The number of methoxy groups -OCH3 is 1. The van der Waals surface area contributed by atoms with Crippen LogP contribution in [0.4, 0.5) is 0 Å². The molecule has 5 heteroatoms. The monoisotopic (exact) mass is 333 g/mol. The number of fused-ring (bicyclic) bond motifs is 1. The van der Waals surface area contributed by atoms with E-state index in [-0.39, 0.29) is 12.0 Å². The average Bonchev–Trinajstić information content (AvgIpc) is 2.75. The molecule has 0 saturated heterocycles. The van der Waals surface area contributed by atoms with E-state index >= 15 is 0 Å². The van der Waals surface area contributed by atoms with E-state index in [1.54, 1.807) is 12.1 Å². The van der Waals surface area contributed by atoms with Crippen LogP contribution in [-0.2, 0) is 11.3 Å². The van der Waals surface area contributed by atoms with Crippen molar-refractivity contribution >= 4 is 17.6 Å². The summed E-state index contributed by atoms with van der Waals surface area (Å²) in [5, 5.41) is 4.10. The first-order chi connectivity index (χ1) is 11.0. The lowest BCUT2D eigenvalue weighted by Gasteiger charge is -2.15. The number of ether oxygens (including phenoxy) is 2. The van der Waals surface area contributed by atoms with Crippen LogP contribution in [0.5, 0.6) is 5.75 Å². The molecule has 0 aliphatic carbocycles. The van der Waals surface area contributed by atoms with Gasteiger partial charge in [0, 0.05) is 17.1 Å². The minimum atomic E-state index is -0.374. The molecule has 0 amide bonds. The molecule has 1 heterocycles. The number of allylic oxidation sites excluding steroid dienone is 3. The summed E-state index contributed by atoms with van der Waals surface area (Å²) in [6.07, 6.45) is 5.57. The summed E-state index contributed by atoms with van der Waals surface area (Å²) in [6.45, 7) is 6.95. The first-order valence-electron chi connectivity index (χ1n) is 7.28. The van der Waals surface area contributed by atoms with Crippen LogP contribution in [0.15, 0.2) is 53.6 Å². The van der Waals surface area contributed by atoms with Gasteiger partial charge in [-0.2, -0.15) is 0 Å². The largest absolute Gasteiger partial charge is 0.491 e. The van der Waals surface area contributed by atoms with Crippen LogP contribution in [0.1, 0.15) is 22.8 Å². The molecule has 1 aromatic carbocycles. The topological polar surface area (TPSA) is 47.6 Å². The zero-order valence-corrected chi connectivity index (χ0v) is 14.0. The third kappa shape index (κ3) is 4.71. The summed E-state index contributed by atoms with van der Waals surface area (Å²) in [5.41, 5.74) is 2.37. The van der Waals surface area contributed by atoms with Gasteiger partial charge in [0.2, 0.25) is 0 Å². The van der Waals surface area contributed by atoms with Crippen molar-refractivity contribution in [3.63, 3.8) is 0 Å². The van der Waals surface area contributed by atoms with Crippen LogP contribution in [-0.4, -0.2) is 25.7 Å². The molecule has 0 spiro atoms. The zero-order valence-electron chi connectivity index (χ0n) is 13.3. The summed E-state index contributed by atoms with van der Waals surface area (Å²) >= 11 is 5.79. The smallest absolute Gasteiger partial charge is 0.337 e. The van der Waals surface area contributed by atoms with Crippen LogP contribution in [0, 0.1) is 0 Å². The maximum absolute atomic E-state index is 11.6. The quantitative estimate of drug-likeness (QED) is 0.676. The number of halogens is 1. The molecule has 0 saturated carbocycles. The summed E-state index contributed by atoms with van der Waals surface area (Å²) in [7, 11) is 1.36. The van der Waals surface area contributed by atoms with Crippen molar-refractivity contribution in [1.29, 1.82) is 0 Å². The van der Waals surface area contributed by atoms with Crippen molar-refractivity contribution in [2.75, 3.05) is 13.7 Å². The maximum Gasteiger partial charge on any atom is 0.337 e. The Morgan fingerprint density at radius 3 is 3.00 bits per heavy atom. The summed E-state index contributed by atoms with van der Waals surface area (Å²) in [6, 6.07) is 5.31. The van der Waals surface area contributed by atoms with Crippen molar-refractivity contribution in [1.82, 2.24) is 5.32 Å². The van der Waals surface area contributed by atoms with E-state index in [0.29, 0.717) is 29.5 Å². The van der Waals surface area contributed by atoms with Crippen molar-refractivity contribution in [3.8, 4) is 5.75 Å². The lowest BCUT2D eigenvalue weighted by Crippen LogP contribution is -2.33. The Morgan fingerprint density at radius 2 is 2.30 bits per heavy atom. The number of hydrogen-bond donors (Lipinski definition) is 1. The van der Waals surface area contributed by atoms with Gasteiger partial charge in [-0.15, -0.1) is 0 Å². The standard InChI is InChI=1S/C18H20ClNO3/c1-12(5-4-6-13(2)19)16-11-23-17-9-14(18(21)22-3)7-8-15(17)10-20-16/h4-9,16,20H,1,10-11H2,2-3H3/b5-4-,13-6+/t16-/m1/s1. The second-order valence-corrected chi connectivity index (χ2v) is 5.84. The summed E-state index contributed by atoms with van der Waals surface area (Å²) in [5.74, 6) is 0.317. The third-order valence-corrected chi connectivity index (χ3v) is 3.64. The van der Waals surface area contributed by atoms with Gasteiger partial charge >= 0.3 is 5.97 Å². The molecule has 0 radical (unpaired) electrons. The van der Waals surface area contributed by atoms with E-state index in [1.807, 2.05) is 31.2 Å². The normalized spacial score (nSPS) is 18.0. The highest BCUT2D eigenvalue weighted by atomic mass is 35.5. The Labute approximate surface area is 141 Å². The lowest BCUT2D eigenvalue weighted by molar-refractivity contribution is 0.0600. The Kier molecular flexibility index (Phi) is 6.02. The Bertz CT molecular complexity index is 660. The molecule has 23 heavy (non-hydrogen) atoms. The molecule has 1 aliphatic rings. The van der Waals surface area contributed by atoms with Crippen molar-refractivity contribution in [3.05, 3.63) is 64.7 Å². The van der Waals surface area contributed by atoms with E-state index in [0.717, 1.165) is 11.1 Å². The molecule has 1 aliphatic heterocycles. The van der Waals surface area contributed by atoms with Gasteiger partial charge in [-0.25, -0.2) is 4.79 Å². The summed E-state index contributed by atoms with van der Waals surface area (Å²) in [4.78, 5) is 11.6. The Morgan fingerprint density at radius 1 is 1.52 bits per heavy atom. The summed E-state index contributed by atoms with van der Waals surface area (Å²) < 4.78 is 10.6. The van der Waals surface area contributed by atoms with Crippen molar-refractivity contribution in [2.24, 2.45) is 0 Å². The van der Waals surface area contributed by atoms with Gasteiger partial charge in [0.05, 0.1) is 18.7 Å². The molecule has 2 rings (SSSR count). The van der Waals surface area contributed by atoms with Gasteiger partial charge in [0.15, 0.2) is 0 Å². The molecule has 0 fully saturated rings. The number of carbonyl (C=O) groups is 1. The zero-order chi connectivity index (χ0) is 16.8. The highest BCUT2D eigenvalue weighted by Crippen LogP contribution is 2.24. The van der Waals surface area contributed by atoms with Crippen LogP contribution in [0.25, 0.3) is 0 Å². The van der Waals surface area contributed by atoms with Crippen molar-refractivity contribution in [2.45, 2.75) is 19.5 Å². The predicted molar refractivity (Wildman–Crippen MR) is 91.8 cm³/mol. The van der Waals surface area contributed by atoms with Gasteiger partial charge in [0.1, 0.15) is 12.4 Å². The minimum Gasteiger partial charge on any atom is -0.491 e. The molecule has 4 nitrogen and oxygen atoms in total. The molecule has 122 valence electrons. The van der Waals surface area contributed by atoms with E-state index < -0.39 is 0 Å². The maximum atomic E-state index is 11.6. The van der Waals surface area contributed by atoms with E-state index in [9.17, 15) is 4.79 Å².